The molecule has 2 nitrogen and oxygen atoms in total. The summed E-state index contributed by atoms with van der Waals surface area (Å²) >= 11 is 0. The van der Waals surface area contributed by atoms with Crippen LogP contribution in [0.1, 0.15) is 59.3 Å². The first-order chi connectivity index (χ1) is 7.97. The number of hydrogen-bond donors (Lipinski definition) is 1. The molecule has 0 aromatic carbocycles. The molecule has 3 aliphatic carbocycles. The van der Waals surface area contributed by atoms with E-state index in [-0.39, 0.29) is 11.9 Å². The Balaban J connectivity index is 0.000000128. The SMILES string of the molecule is CC1=CC(=O)C1.CC1CC(O)C1.CC1CCC1. The lowest BCUT2D eigenvalue weighted by Crippen LogP contribution is -2.25. The Bertz CT molecular complexity index is 265. The van der Waals surface area contributed by atoms with Crippen LogP contribution in [0.4, 0.5) is 0 Å². The maximum Gasteiger partial charge on any atom is 0.159 e. The first kappa shape index (κ1) is 14.4. The van der Waals surface area contributed by atoms with Crippen LogP contribution in [0.5, 0.6) is 0 Å². The van der Waals surface area contributed by atoms with Crippen LogP contribution < -0.4 is 0 Å². The summed E-state index contributed by atoms with van der Waals surface area (Å²) in [6.45, 7) is 6.43. The van der Waals surface area contributed by atoms with Crippen molar-refractivity contribution in [3.8, 4) is 0 Å². The minimum Gasteiger partial charge on any atom is -0.393 e. The molecule has 0 aliphatic heterocycles. The summed E-state index contributed by atoms with van der Waals surface area (Å²) in [4.78, 5) is 10.0. The van der Waals surface area contributed by atoms with Crippen molar-refractivity contribution in [2.24, 2.45) is 11.8 Å². The molecule has 0 atom stereocenters. The lowest BCUT2D eigenvalue weighted by molar-refractivity contribution is -0.115. The fourth-order valence-corrected chi connectivity index (χ4v) is 1.99. The van der Waals surface area contributed by atoms with Gasteiger partial charge >= 0.3 is 0 Å². The van der Waals surface area contributed by atoms with Crippen molar-refractivity contribution in [1.82, 2.24) is 0 Å². The van der Waals surface area contributed by atoms with E-state index >= 15 is 0 Å². The van der Waals surface area contributed by atoms with Crippen LogP contribution in [-0.2, 0) is 4.79 Å². The standard InChI is InChI=1S/C5H10O.C5H6O.C5H10/c2*1-4-2-5(6)3-4;1-5-3-2-4-5/h4-6H,2-3H2,1H3;2H,3H2,1H3;5H,2-4H2,1H3. The molecule has 0 spiro atoms. The van der Waals surface area contributed by atoms with Crippen molar-refractivity contribution in [2.45, 2.75) is 65.4 Å². The average Bonchev–Trinajstić information content (AvgIpc) is 2.13. The van der Waals surface area contributed by atoms with Crippen LogP contribution in [0.2, 0.25) is 0 Å². The van der Waals surface area contributed by atoms with E-state index in [4.69, 9.17) is 5.11 Å². The van der Waals surface area contributed by atoms with Gasteiger partial charge in [-0.15, -0.1) is 0 Å². The highest BCUT2D eigenvalue weighted by Crippen LogP contribution is 2.25. The lowest BCUT2D eigenvalue weighted by atomic mass is 9.84. The van der Waals surface area contributed by atoms with Crippen LogP contribution in [-0.4, -0.2) is 17.0 Å². The predicted molar refractivity (Wildman–Crippen MR) is 70.8 cm³/mol. The van der Waals surface area contributed by atoms with Crippen molar-refractivity contribution in [3.05, 3.63) is 11.6 Å². The number of aliphatic hydroxyl groups is 1. The number of aliphatic hydroxyl groups excluding tert-OH is 1. The zero-order valence-corrected chi connectivity index (χ0v) is 11.4. The first-order valence-corrected chi connectivity index (χ1v) is 6.85. The zero-order chi connectivity index (χ0) is 12.8. The van der Waals surface area contributed by atoms with E-state index in [1.165, 1.54) is 24.8 Å². The smallest absolute Gasteiger partial charge is 0.159 e. The van der Waals surface area contributed by atoms with Crippen molar-refractivity contribution >= 4 is 5.78 Å². The van der Waals surface area contributed by atoms with Gasteiger partial charge in [0.25, 0.3) is 0 Å². The number of rotatable bonds is 0. The molecular weight excluding hydrogens is 212 g/mol. The molecule has 0 aromatic heterocycles. The summed E-state index contributed by atoms with van der Waals surface area (Å²) < 4.78 is 0. The van der Waals surface area contributed by atoms with Gasteiger partial charge in [0.15, 0.2) is 5.78 Å². The van der Waals surface area contributed by atoms with Gasteiger partial charge in [-0.1, -0.05) is 38.7 Å². The average molecular weight is 238 g/mol. The highest BCUT2D eigenvalue weighted by Gasteiger charge is 2.21. The summed E-state index contributed by atoms with van der Waals surface area (Å²) in [6, 6.07) is 0. The van der Waals surface area contributed by atoms with Gasteiger partial charge in [0.2, 0.25) is 0 Å². The number of hydrogen-bond acceptors (Lipinski definition) is 2. The van der Waals surface area contributed by atoms with E-state index in [1.54, 1.807) is 6.08 Å². The summed E-state index contributed by atoms with van der Waals surface area (Å²) in [6.07, 6.45) is 8.92. The van der Waals surface area contributed by atoms with Crippen LogP contribution >= 0.6 is 0 Å². The lowest BCUT2D eigenvalue weighted by Gasteiger charge is -2.27. The molecule has 1 N–H and O–H groups in total. The van der Waals surface area contributed by atoms with Crippen molar-refractivity contribution < 1.29 is 9.90 Å². The third kappa shape index (κ3) is 6.02. The molecule has 0 amide bonds. The molecule has 17 heavy (non-hydrogen) atoms. The highest BCUT2D eigenvalue weighted by molar-refractivity contribution is 5.98. The van der Waals surface area contributed by atoms with Gasteiger partial charge in [0.05, 0.1) is 6.10 Å². The van der Waals surface area contributed by atoms with E-state index in [1.807, 2.05) is 6.92 Å². The molecular formula is C15H26O2. The van der Waals surface area contributed by atoms with E-state index in [0.717, 1.165) is 24.7 Å². The van der Waals surface area contributed by atoms with Crippen LogP contribution in [0.15, 0.2) is 11.6 Å². The number of carbonyl (C=O) groups excluding carboxylic acids is 1. The third-order valence-electron chi connectivity index (χ3n) is 3.60. The fourth-order valence-electron chi connectivity index (χ4n) is 1.99. The molecule has 3 rings (SSSR count). The molecule has 3 aliphatic rings. The maximum atomic E-state index is 10.0. The second-order valence-electron chi connectivity index (χ2n) is 5.90. The van der Waals surface area contributed by atoms with Gasteiger partial charge < -0.3 is 5.11 Å². The molecule has 2 fully saturated rings. The monoisotopic (exact) mass is 238 g/mol. The predicted octanol–water partition coefficient (Wildman–Crippen LogP) is 3.49. The van der Waals surface area contributed by atoms with Gasteiger partial charge in [0, 0.05) is 6.42 Å². The largest absolute Gasteiger partial charge is 0.393 e. The minimum absolute atomic E-state index is 0.0417. The molecule has 2 saturated carbocycles. The van der Waals surface area contributed by atoms with Crippen molar-refractivity contribution in [3.63, 3.8) is 0 Å². The number of ketones is 1. The molecule has 0 saturated heterocycles. The fraction of sp³-hybridized carbons (Fsp3) is 0.800. The Kier molecular flexibility index (Phi) is 5.90. The molecule has 0 radical (unpaired) electrons. The maximum absolute atomic E-state index is 10.0. The van der Waals surface area contributed by atoms with E-state index < -0.39 is 0 Å². The Labute approximate surface area is 105 Å². The van der Waals surface area contributed by atoms with Gasteiger partial charge in [0.1, 0.15) is 0 Å². The first-order valence-electron chi connectivity index (χ1n) is 6.85. The minimum atomic E-state index is 0.0417. The Hall–Kier alpha value is -0.630. The Morgan fingerprint density at radius 2 is 1.65 bits per heavy atom. The second-order valence-corrected chi connectivity index (χ2v) is 5.90. The summed E-state index contributed by atoms with van der Waals surface area (Å²) in [5.74, 6) is 2.13. The molecule has 0 bridgehead atoms. The van der Waals surface area contributed by atoms with Crippen molar-refractivity contribution in [1.29, 1.82) is 0 Å². The zero-order valence-electron chi connectivity index (χ0n) is 11.4. The summed E-state index contributed by atoms with van der Waals surface area (Å²) in [5, 5.41) is 8.62. The van der Waals surface area contributed by atoms with Gasteiger partial charge in [-0.2, -0.15) is 0 Å². The van der Waals surface area contributed by atoms with Gasteiger partial charge in [-0.05, 0) is 37.7 Å². The van der Waals surface area contributed by atoms with Gasteiger partial charge in [-0.3, -0.25) is 4.79 Å². The van der Waals surface area contributed by atoms with E-state index in [2.05, 4.69) is 13.8 Å². The topological polar surface area (TPSA) is 37.3 Å². The molecule has 0 heterocycles. The second kappa shape index (κ2) is 6.95. The summed E-state index contributed by atoms with van der Waals surface area (Å²) in [7, 11) is 0. The van der Waals surface area contributed by atoms with Crippen LogP contribution in [0.25, 0.3) is 0 Å². The van der Waals surface area contributed by atoms with Crippen molar-refractivity contribution in [2.75, 3.05) is 0 Å². The normalized spacial score (nSPS) is 30.4. The molecule has 0 aromatic rings. The Morgan fingerprint density at radius 3 is 1.65 bits per heavy atom. The van der Waals surface area contributed by atoms with Crippen LogP contribution in [0, 0.1) is 11.8 Å². The third-order valence-corrected chi connectivity index (χ3v) is 3.60. The number of carbonyl (C=O) groups is 1. The van der Waals surface area contributed by atoms with Crippen LogP contribution in [0.3, 0.4) is 0 Å². The Morgan fingerprint density at radius 1 is 1.18 bits per heavy atom. The number of allylic oxidation sites excluding steroid dienone is 2. The van der Waals surface area contributed by atoms with E-state index in [0.29, 0.717) is 6.42 Å². The molecule has 98 valence electrons. The summed E-state index contributed by atoms with van der Waals surface area (Å²) in [5.41, 5.74) is 1.21. The van der Waals surface area contributed by atoms with E-state index in [9.17, 15) is 4.79 Å². The van der Waals surface area contributed by atoms with Gasteiger partial charge in [-0.25, -0.2) is 0 Å². The molecule has 2 heteroatoms. The molecule has 0 unspecified atom stereocenters. The quantitative estimate of drug-likeness (QED) is 0.701. The highest BCUT2D eigenvalue weighted by atomic mass is 16.3.